The molecule has 0 saturated heterocycles. The molecule has 5 rings (SSSR count). The molecule has 0 bridgehead atoms. The number of ether oxygens (including phenoxy) is 4. The van der Waals surface area contributed by atoms with Gasteiger partial charge in [-0.25, -0.2) is 9.59 Å². The normalized spacial score (nSPS) is 11.4. The van der Waals surface area contributed by atoms with Gasteiger partial charge in [0.05, 0.1) is 34.3 Å². The predicted octanol–water partition coefficient (Wildman–Crippen LogP) is 19.1. The van der Waals surface area contributed by atoms with Gasteiger partial charge in [-0.3, -0.25) is 10.1 Å². The van der Waals surface area contributed by atoms with Crippen molar-refractivity contribution in [2.45, 2.75) is 168 Å². The topological polar surface area (TPSA) is 114 Å². The van der Waals surface area contributed by atoms with E-state index in [1.807, 2.05) is 48.6 Å². The van der Waals surface area contributed by atoms with E-state index in [0.29, 0.717) is 46.2 Å². The Bertz CT molecular complexity index is 2510. The summed E-state index contributed by atoms with van der Waals surface area (Å²) < 4.78 is 23.3. The van der Waals surface area contributed by atoms with Gasteiger partial charge in [-0.15, -0.1) is 0 Å². The average molecular weight is 1030 g/mol. The van der Waals surface area contributed by atoms with Crippen molar-refractivity contribution in [2.24, 2.45) is 0 Å². The number of esters is 2. The molecular formula is C64H80ClNO8. The molecule has 396 valence electrons. The van der Waals surface area contributed by atoms with E-state index < -0.39 is 16.9 Å². The zero-order valence-corrected chi connectivity index (χ0v) is 45.1. The molecule has 9 nitrogen and oxygen atoms in total. The minimum absolute atomic E-state index is 0.0746. The Morgan fingerprint density at radius 1 is 0.459 bits per heavy atom. The van der Waals surface area contributed by atoms with Crippen LogP contribution in [0, 0.1) is 17.0 Å². The SMILES string of the molecule is CCCCCCCCCCCCCCCOc1ccc(/C=C/c2ccc(C(=O)Oc3cccc(OC(=O)c4ccc(/C=C/c5ccc(OCCCCCCCCCCCC)c([N+](=O)[O-])c5)cc4)c3C)cc2)cc1Cl. The van der Waals surface area contributed by atoms with Gasteiger partial charge in [-0.1, -0.05) is 227 Å². The van der Waals surface area contributed by atoms with Crippen molar-refractivity contribution in [1.82, 2.24) is 0 Å². The lowest BCUT2D eigenvalue weighted by Crippen LogP contribution is -2.12. The summed E-state index contributed by atoms with van der Waals surface area (Å²) in [4.78, 5) is 37.9. The molecule has 0 saturated carbocycles. The Morgan fingerprint density at radius 2 is 0.811 bits per heavy atom. The number of nitro groups is 1. The molecule has 0 atom stereocenters. The molecule has 0 amide bonds. The number of carbonyl (C=O) groups is 2. The van der Waals surface area contributed by atoms with Crippen molar-refractivity contribution in [1.29, 1.82) is 0 Å². The van der Waals surface area contributed by atoms with Crippen molar-refractivity contribution in [3.05, 3.63) is 157 Å². The van der Waals surface area contributed by atoms with Crippen LogP contribution < -0.4 is 18.9 Å². The number of carbonyl (C=O) groups excluding carboxylic acids is 2. The van der Waals surface area contributed by atoms with E-state index in [4.69, 9.17) is 30.5 Å². The Kier molecular flexibility index (Phi) is 27.2. The van der Waals surface area contributed by atoms with Gasteiger partial charge in [-0.05, 0) is 96.6 Å². The highest BCUT2D eigenvalue weighted by atomic mass is 35.5. The van der Waals surface area contributed by atoms with E-state index in [2.05, 4.69) is 13.8 Å². The fraction of sp³-hybridized carbons (Fsp3) is 0.438. The van der Waals surface area contributed by atoms with Gasteiger partial charge >= 0.3 is 17.6 Å². The molecule has 74 heavy (non-hydrogen) atoms. The second-order valence-corrected chi connectivity index (χ2v) is 19.8. The average Bonchev–Trinajstić information content (AvgIpc) is 3.41. The Labute approximate surface area is 446 Å². The summed E-state index contributed by atoms with van der Waals surface area (Å²) in [6.45, 7) is 7.32. The zero-order chi connectivity index (χ0) is 52.6. The lowest BCUT2D eigenvalue weighted by Gasteiger charge is -2.12. The van der Waals surface area contributed by atoms with Gasteiger partial charge in [0.15, 0.2) is 5.75 Å². The molecule has 0 aromatic heterocycles. The first-order valence-corrected chi connectivity index (χ1v) is 28.0. The number of hydrogen-bond donors (Lipinski definition) is 0. The van der Waals surface area contributed by atoms with Gasteiger partial charge in [0.25, 0.3) is 0 Å². The van der Waals surface area contributed by atoms with Crippen LogP contribution in [0.15, 0.2) is 103 Å². The maximum absolute atomic E-state index is 13.2. The predicted molar refractivity (Wildman–Crippen MR) is 305 cm³/mol. The van der Waals surface area contributed by atoms with Crippen molar-refractivity contribution in [3.63, 3.8) is 0 Å². The van der Waals surface area contributed by atoms with Crippen LogP contribution >= 0.6 is 11.6 Å². The molecule has 5 aromatic carbocycles. The highest BCUT2D eigenvalue weighted by Crippen LogP contribution is 2.32. The molecule has 0 N–H and O–H groups in total. The summed E-state index contributed by atoms with van der Waals surface area (Å²) in [6, 6.07) is 29.6. The maximum atomic E-state index is 13.2. The molecule has 0 heterocycles. The largest absolute Gasteiger partial charge is 0.492 e. The number of nitrogens with zero attached hydrogens (tertiary/aromatic N) is 1. The Hall–Kier alpha value is -6.19. The summed E-state index contributed by atoms with van der Waals surface area (Å²) >= 11 is 6.58. The third-order valence-electron chi connectivity index (χ3n) is 13.3. The first-order valence-electron chi connectivity index (χ1n) is 27.6. The highest BCUT2D eigenvalue weighted by Gasteiger charge is 2.18. The minimum Gasteiger partial charge on any atom is -0.492 e. The van der Waals surface area contributed by atoms with Crippen LogP contribution in [0.1, 0.15) is 210 Å². The molecule has 0 fully saturated rings. The van der Waals surface area contributed by atoms with Crippen LogP contribution in [0.4, 0.5) is 5.69 Å². The Balaban J connectivity index is 1.02. The third kappa shape index (κ3) is 21.7. The second kappa shape index (κ2) is 34.3. The third-order valence-corrected chi connectivity index (χ3v) is 13.6. The molecule has 0 aliphatic heterocycles. The standard InChI is InChI=1S/C64H80ClNO8/c1-4-6-8-10-12-14-16-17-18-20-21-23-25-46-71-61-44-38-53(48-57(61)65)32-30-51-34-40-55(41-35-51)63(67)73-59-28-27-29-60(50(59)3)74-64(68)56-42-36-52(37-43-56)31-33-54-39-45-62(58(49-54)66(69)70)72-47-26-24-22-19-15-13-11-9-7-5-2/h27-45,48-49H,4-26,46-47H2,1-3H3/b32-30+,33-31+. The highest BCUT2D eigenvalue weighted by molar-refractivity contribution is 6.32. The number of benzene rings is 5. The van der Waals surface area contributed by atoms with Gasteiger partial charge < -0.3 is 18.9 Å². The van der Waals surface area contributed by atoms with E-state index in [-0.39, 0.29) is 22.9 Å². The smallest absolute Gasteiger partial charge is 0.343 e. The maximum Gasteiger partial charge on any atom is 0.343 e. The van der Waals surface area contributed by atoms with Crippen LogP contribution in [0.2, 0.25) is 5.02 Å². The molecule has 0 spiro atoms. The summed E-state index contributed by atoms with van der Waals surface area (Å²) in [5.74, 6) is 0.368. The monoisotopic (exact) mass is 1030 g/mol. The van der Waals surface area contributed by atoms with E-state index in [0.717, 1.165) is 42.4 Å². The first-order chi connectivity index (χ1) is 36.1. The van der Waals surface area contributed by atoms with Crippen LogP contribution in [-0.4, -0.2) is 30.1 Å². The van der Waals surface area contributed by atoms with Crippen molar-refractivity contribution >= 4 is 53.5 Å². The number of nitro benzene ring substituents is 1. The molecule has 0 aliphatic rings. The summed E-state index contributed by atoms with van der Waals surface area (Å²) in [5.41, 5.74) is 4.37. The van der Waals surface area contributed by atoms with E-state index >= 15 is 0 Å². The summed E-state index contributed by atoms with van der Waals surface area (Å²) in [5, 5.41) is 12.5. The zero-order valence-electron chi connectivity index (χ0n) is 44.4. The van der Waals surface area contributed by atoms with Crippen LogP contribution in [0.5, 0.6) is 23.0 Å². The van der Waals surface area contributed by atoms with E-state index in [1.165, 1.54) is 128 Å². The van der Waals surface area contributed by atoms with Crippen molar-refractivity contribution in [3.8, 4) is 23.0 Å². The quantitative estimate of drug-likeness (QED) is 0.00973. The lowest BCUT2D eigenvalue weighted by molar-refractivity contribution is -0.385. The number of unbranched alkanes of at least 4 members (excludes halogenated alkanes) is 21. The molecule has 0 radical (unpaired) electrons. The van der Waals surface area contributed by atoms with Gasteiger partial charge in [-0.2, -0.15) is 0 Å². The number of halogens is 1. The molecule has 0 unspecified atom stereocenters. The van der Waals surface area contributed by atoms with Gasteiger partial charge in [0, 0.05) is 11.6 Å². The van der Waals surface area contributed by atoms with Gasteiger partial charge in [0.2, 0.25) is 0 Å². The van der Waals surface area contributed by atoms with E-state index in [1.54, 1.807) is 79.7 Å². The molecule has 0 aliphatic carbocycles. The molecular weight excluding hydrogens is 946 g/mol. The van der Waals surface area contributed by atoms with E-state index in [9.17, 15) is 19.7 Å². The molecule has 5 aromatic rings. The minimum atomic E-state index is -0.577. The lowest BCUT2D eigenvalue weighted by atomic mass is 10.0. The summed E-state index contributed by atoms with van der Waals surface area (Å²) in [7, 11) is 0. The van der Waals surface area contributed by atoms with Crippen LogP contribution in [-0.2, 0) is 0 Å². The number of hydrogen-bond acceptors (Lipinski definition) is 8. The fourth-order valence-corrected chi connectivity index (χ4v) is 8.94. The fourth-order valence-electron chi connectivity index (χ4n) is 8.69. The Morgan fingerprint density at radius 3 is 1.22 bits per heavy atom. The van der Waals surface area contributed by atoms with Crippen LogP contribution in [0.3, 0.4) is 0 Å². The number of rotatable bonds is 36. The van der Waals surface area contributed by atoms with Crippen molar-refractivity contribution in [2.75, 3.05) is 13.2 Å². The molecule has 10 heteroatoms. The summed E-state index contributed by atoms with van der Waals surface area (Å²) in [6.07, 6.45) is 36.6. The van der Waals surface area contributed by atoms with Crippen molar-refractivity contribution < 1.29 is 33.5 Å². The second-order valence-electron chi connectivity index (χ2n) is 19.4. The van der Waals surface area contributed by atoms with Gasteiger partial charge in [0.1, 0.15) is 17.2 Å². The first kappa shape index (κ1) is 58.7. The van der Waals surface area contributed by atoms with Crippen LogP contribution in [0.25, 0.3) is 24.3 Å².